The monoisotopic (exact) mass is 397 g/mol. The molecule has 1 aliphatic heterocycles. The lowest BCUT2D eigenvalue weighted by atomic mass is 10.0. The lowest BCUT2D eigenvalue weighted by molar-refractivity contribution is -0.137. The lowest BCUT2D eigenvalue weighted by Gasteiger charge is -2.30. The third-order valence-electron chi connectivity index (χ3n) is 5.41. The van der Waals surface area contributed by atoms with Crippen LogP contribution < -0.4 is 10.6 Å². The molecule has 2 aliphatic rings. The molecule has 1 saturated carbocycles. The number of amides is 2. The quantitative estimate of drug-likeness (QED) is 0.776. The molecule has 1 heterocycles. The van der Waals surface area contributed by atoms with Gasteiger partial charge in [0.1, 0.15) is 6.04 Å². The Morgan fingerprint density at radius 2 is 2.04 bits per heavy atom. The molecule has 0 spiro atoms. The molecule has 1 saturated heterocycles. The molecule has 1 aromatic rings. The summed E-state index contributed by atoms with van der Waals surface area (Å²) in [6, 6.07) is 4.56. The van der Waals surface area contributed by atoms with Crippen LogP contribution in [0.3, 0.4) is 0 Å². The van der Waals surface area contributed by atoms with Gasteiger partial charge in [-0.05, 0) is 56.7 Å². The third-order valence-corrected chi connectivity index (χ3v) is 5.41. The predicted molar refractivity (Wildman–Crippen MR) is 98.4 cm³/mol. The number of carbonyl (C=O) groups excluding carboxylic acids is 2. The molecule has 154 valence electrons. The van der Waals surface area contributed by atoms with Gasteiger partial charge in [-0.3, -0.25) is 14.5 Å². The highest BCUT2D eigenvalue weighted by Crippen LogP contribution is 2.36. The van der Waals surface area contributed by atoms with Gasteiger partial charge in [-0.15, -0.1) is 0 Å². The summed E-state index contributed by atoms with van der Waals surface area (Å²) in [7, 11) is 0. The van der Waals surface area contributed by atoms with Gasteiger partial charge in [0, 0.05) is 18.6 Å². The van der Waals surface area contributed by atoms with E-state index in [1.807, 2.05) is 11.8 Å². The Kier molecular flexibility index (Phi) is 6.27. The molecule has 28 heavy (non-hydrogen) atoms. The minimum Gasteiger partial charge on any atom is -0.354 e. The number of rotatable bonds is 6. The summed E-state index contributed by atoms with van der Waals surface area (Å²) in [5.41, 5.74) is -0.158. The van der Waals surface area contributed by atoms with Gasteiger partial charge in [0.2, 0.25) is 11.8 Å². The molecule has 3 rings (SSSR count). The van der Waals surface area contributed by atoms with Crippen LogP contribution >= 0.6 is 0 Å². The van der Waals surface area contributed by atoms with Gasteiger partial charge in [0.15, 0.2) is 0 Å². The molecule has 0 aromatic heterocycles. The summed E-state index contributed by atoms with van der Waals surface area (Å²) in [5, 5.41) is 5.57. The van der Waals surface area contributed by atoms with Gasteiger partial charge in [0.25, 0.3) is 0 Å². The summed E-state index contributed by atoms with van der Waals surface area (Å²) in [5.74, 6) is -0.442. The second kappa shape index (κ2) is 8.51. The first-order chi connectivity index (χ1) is 13.3. The number of halogens is 3. The number of hydrogen-bond acceptors (Lipinski definition) is 3. The Labute approximate surface area is 162 Å². The molecule has 2 N–H and O–H groups in total. The van der Waals surface area contributed by atoms with Crippen molar-refractivity contribution in [2.24, 2.45) is 0 Å². The van der Waals surface area contributed by atoms with Crippen molar-refractivity contribution >= 4 is 11.8 Å². The number of benzene rings is 1. The zero-order chi connectivity index (χ0) is 20.3. The highest BCUT2D eigenvalue weighted by Gasteiger charge is 2.36. The van der Waals surface area contributed by atoms with E-state index in [2.05, 4.69) is 10.6 Å². The zero-order valence-electron chi connectivity index (χ0n) is 15.9. The Bertz CT molecular complexity index is 719. The largest absolute Gasteiger partial charge is 0.416 e. The molecule has 2 unspecified atom stereocenters. The molecule has 5 nitrogen and oxygen atoms in total. The van der Waals surface area contributed by atoms with E-state index in [1.54, 1.807) is 6.07 Å². The number of nitrogens with one attached hydrogen (secondary N) is 2. The van der Waals surface area contributed by atoms with Crippen molar-refractivity contribution in [1.82, 2.24) is 15.5 Å². The van der Waals surface area contributed by atoms with Crippen LogP contribution in [0.2, 0.25) is 0 Å². The standard InChI is InChI=1S/C20H26F3N3O2/c1-13(14-5-4-6-15(11-14)20(21,22)23)26(16-8-9-16)12-18(27)25-17-7-2-3-10-24-19(17)28/h4-6,11,13,16-17H,2-3,7-10,12H2,1H3,(H,24,28)(H,25,27). The Balaban J connectivity index is 1.68. The molecule has 2 atom stereocenters. The van der Waals surface area contributed by atoms with E-state index >= 15 is 0 Å². The highest BCUT2D eigenvalue weighted by molar-refractivity contribution is 5.88. The van der Waals surface area contributed by atoms with Crippen LogP contribution in [-0.2, 0) is 15.8 Å². The average molecular weight is 397 g/mol. The van der Waals surface area contributed by atoms with Gasteiger partial charge >= 0.3 is 6.18 Å². The maximum Gasteiger partial charge on any atom is 0.416 e. The van der Waals surface area contributed by atoms with E-state index in [-0.39, 0.29) is 30.4 Å². The number of nitrogens with zero attached hydrogens (tertiary/aromatic N) is 1. The summed E-state index contributed by atoms with van der Waals surface area (Å²) in [6.07, 6.45) is -0.217. The maximum absolute atomic E-state index is 13.0. The maximum atomic E-state index is 13.0. The number of hydrogen-bond donors (Lipinski definition) is 2. The molecule has 2 fully saturated rings. The summed E-state index contributed by atoms with van der Waals surface area (Å²) in [6.45, 7) is 2.50. The fourth-order valence-corrected chi connectivity index (χ4v) is 3.64. The summed E-state index contributed by atoms with van der Waals surface area (Å²) >= 11 is 0. The van der Waals surface area contributed by atoms with Crippen LogP contribution in [-0.4, -0.2) is 41.9 Å². The number of carbonyl (C=O) groups is 2. The van der Waals surface area contributed by atoms with E-state index in [0.717, 1.165) is 37.8 Å². The van der Waals surface area contributed by atoms with Crippen molar-refractivity contribution in [3.05, 3.63) is 35.4 Å². The topological polar surface area (TPSA) is 61.4 Å². The Morgan fingerprint density at radius 3 is 2.71 bits per heavy atom. The van der Waals surface area contributed by atoms with Crippen LogP contribution in [0.5, 0.6) is 0 Å². The van der Waals surface area contributed by atoms with Crippen molar-refractivity contribution in [2.45, 2.75) is 63.3 Å². The van der Waals surface area contributed by atoms with Crippen LogP contribution in [0, 0.1) is 0 Å². The SMILES string of the molecule is CC(c1cccc(C(F)(F)F)c1)N(CC(=O)NC1CCCCNC1=O)C1CC1. The fraction of sp³-hybridized carbons (Fsp3) is 0.600. The van der Waals surface area contributed by atoms with Crippen LogP contribution in [0.1, 0.15) is 56.2 Å². The molecule has 0 radical (unpaired) electrons. The number of alkyl halides is 3. The second-order valence-corrected chi connectivity index (χ2v) is 7.61. The lowest BCUT2D eigenvalue weighted by Crippen LogP contribution is -2.49. The van der Waals surface area contributed by atoms with Gasteiger partial charge in [-0.25, -0.2) is 0 Å². The highest BCUT2D eigenvalue weighted by atomic mass is 19.4. The average Bonchev–Trinajstić information content (AvgIpc) is 3.49. The van der Waals surface area contributed by atoms with Crippen molar-refractivity contribution in [3.8, 4) is 0 Å². The zero-order valence-corrected chi connectivity index (χ0v) is 15.9. The van der Waals surface area contributed by atoms with Crippen molar-refractivity contribution in [1.29, 1.82) is 0 Å². The van der Waals surface area contributed by atoms with Crippen molar-refractivity contribution in [2.75, 3.05) is 13.1 Å². The van der Waals surface area contributed by atoms with E-state index in [1.165, 1.54) is 6.07 Å². The van der Waals surface area contributed by atoms with Gasteiger partial charge in [-0.1, -0.05) is 12.1 Å². The Hall–Kier alpha value is -2.09. The molecule has 2 amide bonds. The molecule has 0 bridgehead atoms. The first-order valence-electron chi connectivity index (χ1n) is 9.75. The second-order valence-electron chi connectivity index (χ2n) is 7.61. The predicted octanol–water partition coefficient (Wildman–Crippen LogP) is 3.02. The Morgan fingerprint density at radius 1 is 1.29 bits per heavy atom. The smallest absolute Gasteiger partial charge is 0.354 e. The third kappa shape index (κ3) is 5.25. The molecule has 1 aliphatic carbocycles. The molecular weight excluding hydrogens is 371 g/mol. The van der Waals surface area contributed by atoms with Crippen LogP contribution in [0.15, 0.2) is 24.3 Å². The first-order valence-corrected chi connectivity index (χ1v) is 9.75. The summed E-state index contributed by atoms with van der Waals surface area (Å²) in [4.78, 5) is 26.5. The van der Waals surface area contributed by atoms with Gasteiger partial charge in [0.05, 0.1) is 12.1 Å². The van der Waals surface area contributed by atoms with Crippen LogP contribution in [0.25, 0.3) is 0 Å². The minimum atomic E-state index is -4.40. The first kappa shape index (κ1) is 20.6. The van der Waals surface area contributed by atoms with Gasteiger partial charge < -0.3 is 10.6 Å². The normalized spacial score (nSPS) is 21.8. The van der Waals surface area contributed by atoms with E-state index in [4.69, 9.17) is 0 Å². The van der Waals surface area contributed by atoms with Gasteiger partial charge in [-0.2, -0.15) is 13.2 Å². The van der Waals surface area contributed by atoms with Crippen LogP contribution in [0.4, 0.5) is 13.2 Å². The van der Waals surface area contributed by atoms with E-state index in [0.29, 0.717) is 18.5 Å². The molecular formula is C20H26F3N3O2. The fourth-order valence-electron chi connectivity index (χ4n) is 3.64. The van der Waals surface area contributed by atoms with Crippen molar-refractivity contribution < 1.29 is 22.8 Å². The molecule has 8 heteroatoms. The van der Waals surface area contributed by atoms with E-state index in [9.17, 15) is 22.8 Å². The molecule has 1 aromatic carbocycles. The minimum absolute atomic E-state index is 0.0614. The van der Waals surface area contributed by atoms with E-state index < -0.39 is 17.8 Å². The summed E-state index contributed by atoms with van der Waals surface area (Å²) < 4.78 is 39.1. The van der Waals surface area contributed by atoms with Crippen molar-refractivity contribution in [3.63, 3.8) is 0 Å².